The molecule has 0 aliphatic carbocycles. The first-order chi connectivity index (χ1) is 13.2. The van der Waals surface area contributed by atoms with E-state index in [1.54, 1.807) is 13.8 Å². The number of ether oxygens (including phenoxy) is 2. The summed E-state index contributed by atoms with van der Waals surface area (Å²) in [5, 5.41) is 0. The number of Topliss-reactive ketones (excluding diaryl/α,β-unsaturated/α-hetero) is 3. The van der Waals surface area contributed by atoms with Gasteiger partial charge in [0.1, 0.15) is 23.4 Å². The Labute approximate surface area is 167 Å². The van der Waals surface area contributed by atoms with Crippen molar-refractivity contribution >= 4 is 29.3 Å². The molecule has 0 aliphatic rings. The Kier molecular flexibility index (Phi) is 13.8. The molecule has 0 amide bonds. The highest BCUT2D eigenvalue weighted by Crippen LogP contribution is 2.23. The third-order valence-electron chi connectivity index (χ3n) is 4.37. The van der Waals surface area contributed by atoms with Crippen molar-refractivity contribution in [2.75, 3.05) is 13.2 Å². The highest BCUT2D eigenvalue weighted by atomic mass is 16.5. The van der Waals surface area contributed by atoms with E-state index in [4.69, 9.17) is 9.47 Å². The molecule has 0 rings (SSSR count). The largest absolute Gasteiger partial charge is 0.465 e. The molecule has 0 aromatic rings. The Bertz CT molecular complexity index is 493. The highest BCUT2D eigenvalue weighted by molar-refractivity contribution is 6.08. The third-order valence-corrected chi connectivity index (χ3v) is 4.37. The standard InChI is InChI=1S/C21H34O7/c1-5-27-20(25)17(13-9-7-11-15(3)22)19(24)18(21(26)28-6-2)14-10-8-12-16(4)23/h17-18H,5-14H2,1-4H3. The lowest BCUT2D eigenvalue weighted by Crippen LogP contribution is -2.36. The minimum absolute atomic E-state index is 0.0499. The maximum absolute atomic E-state index is 13.0. The Morgan fingerprint density at radius 2 is 1.00 bits per heavy atom. The zero-order valence-corrected chi connectivity index (χ0v) is 17.6. The fourth-order valence-corrected chi connectivity index (χ4v) is 2.93. The maximum Gasteiger partial charge on any atom is 0.316 e. The van der Waals surface area contributed by atoms with Crippen LogP contribution in [-0.2, 0) is 33.4 Å². The summed E-state index contributed by atoms with van der Waals surface area (Å²) >= 11 is 0. The van der Waals surface area contributed by atoms with Crippen LogP contribution in [0.2, 0.25) is 0 Å². The van der Waals surface area contributed by atoms with Gasteiger partial charge in [0.05, 0.1) is 13.2 Å². The Hall–Kier alpha value is -2.05. The molecule has 0 aliphatic heterocycles. The summed E-state index contributed by atoms with van der Waals surface area (Å²) < 4.78 is 10.1. The SMILES string of the molecule is CCOC(=O)C(CCCCC(C)=O)C(=O)C(CCCCC(C)=O)C(=O)OCC. The van der Waals surface area contributed by atoms with Crippen molar-refractivity contribution in [1.82, 2.24) is 0 Å². The van der Waals surface area contributed by atoms with Crippen molar-refractivity contribution in [3.8, 4) is 0 Å². The van der Waals surface area contributed by atoms with Gasteiger partial charge in [0.25, 0.3) is 0 Å². The van der Waals surface area contributed by atoms with E-state index >= 15 is 0 Å². The number of hydrogen-bond donors (Lipinski definition) is 0. The second-order valence-electron chi connectivity index (χ2n) is 6.91. The summed E-state index contributed by atoms with van der Waals surface area (Å²) in [5.41, 5.74) is 0. The fourth-order valence-electron chi connectivity index (χ4n) is 2.93. The van der Waals surface area contributed by atoms with Gasteiger partial charge in [0.2, 0.25) is 0 Å². The quantitative estimate of drug-likeness (QED) is 0.223. The number of ketones is 3. The lowest BCUT2D eigenvalue weighted by molar-refractivity contribution is -0.158. The van der Waals surface area contributed by atoms with Gasteiger partial charge in [0, 0.05) is 12.8 Å². The van der Waals surface area contributed by atoms with Crippen LogP contribution in [0.15, 0.2) is 0 Å². The first kappa shape index (κ1) is 26.0. The topological polar surface area (TPSA) is 104 Å². The number of unbranched alkanes of at least 4 members (excludes halogenated alkanes) is 2. The smallest absolute Gasteiger partial charge is 0.316 e. The van der Waals surface area contributed by atoms with E-state index in [-0.39, 0.29) is 37.6 Å². The maximum atomic E-state index is 13.0. The second kappa shape index (κ2) is 14.9. The van der Waals surface area contributed by atoms with Crippen molar-refractivity contribution < 1.29 is 33.4 Å². The van der Waals surface area contributed by atoms with Gasteiger partial charge in [-0.25, -0.2) is 0 Å². The first-order valence-electron chi connectivity index (χ1n) is 10.1. The predicted octanol–water partition coefficient (Wildman–Crippen LogP) is 3.21. The van der Waals surface area contributed by atoms with E-state index in [0.717, 1.165) is 0 Å². The third kappa shape index (κ3) is 10.9. The van der Waals surface area contributed by atoms with Crippen LogP contribution in [0.1, 0.15) is 79.1 Å². The minimum atomic E-state index is -1.05. The van der Waals surface area contributed by atoms with E-state index in [1.807, 2.05) is 0 Å². The van der Waals surface area contributed by atoms with E-state index in [1.165, 1.54) is 13.8 Å². The Morgan fingerprint density at radius 3 is 1.29 bits per heavy atom. The minimum Gasteiger partial charge on any atom is -0.465 e. The van der Waals surface area contributed by atoms with Crippen LogP contribution in [-0.4, -0.2) is 42.5 Å². The van der Waals surface area contributed by atoms with Gasteiger partial charge in [0.15, 0.2) is 5.78 Å². The van der Waals surface area contributed by atoms with Gasteiger partial charge >= 0.3 is 11.9 Å². The summed E-state index contributed by atoms with van der Waals surface area (Å²) in [4.78, 5) is 59.8. The van der Waals surface area contributed by atoms with Crippen molar-refractivity contribution in [1.29, 1.82) is 0 Å². The van der Waals surface area contributed by atoms with Crippen molar-refractivity contribution in [3.63, 3.8) is 0 Å². The molecule has 0 radical (unpaired) electrons. The van der Waals surface area contributed by atoms with Crippen LogP contribution in [0.3, 0.4) is 0 Å². The van der Waals surface area contributed by atoms with Gasteiger partial charge in [-0.1, -0.05) is 12.8 Å². The molecule has 7 heteroatoms. The molecule has 0 bridgehead atoms. The number of hydrogen-bond acceptors (Lipinski definition) is 7. The molecule has 7 nitrogen and oxygen atoms in total. The molecule has 160 valence electrons. The van der Waals surface area contributed by atoms with Crippen LogP contribution in [0.5, 0.6) is 0 Å². The van der Waals surface area contributed by atoms with Gasteiger partial charge in [-0.05, 0) is 53.4 Å². The molecule has 28 heavy (non-hydrogen) atoms. The molecule has 0 aromatic heterocycles. The van der Waals surface area contributed by atoms with E-state index < -0.39 is 29.6 Å². The normalized spacial score (nSPS) is 12.7. The molecule has 0 saturated heterocycles. The summed E-state index contributed by atoms with van der Waals surface area (Å²) in [6.07, 6.45) is 3.39. The molecule has 2 unspecified atom stereocenters. The van der Waals surface area contributed by atoms with Gasteiger partial charge in [-0.15, -0.1) is 0 Å². The molecule has 0 N–H and O–H groups in total. The summed E-state index contributed by atoms with van der Waals surface area (Å²) in [6.45, 7) is 6.56. The van der Waals surface area contributed by atoms with Crippen LogP contribution in [0.4, 0.5) is 0 Å². The Balaban J connectivity index is 5.16. The van der Waals surface area contributed by atoms with Crippen LogP contribution < -0.4 is 0 Å². The summed E-state index contributed by atoms with van der Waals surface area (Å²) in [5.74, 6) is -3.78. The number of carbonyl (C=O) groups is 5. The molecule has 0 heterocycles. The molecular formula is C21H34O7. The zero-order chi connectivity index (χ0) is 21.5. The molecule has 2 atom stereocenters. The van der Waals surface area contributed by atoms with E-state index in [0.29, 0.717) is 38.5 Å². The van der Waals surface area contributed by atoms with E-state index in [2.05, 4.69) is 0 Å². The van der Waals surface area contributed by atoms with Crippen LogP contribution in [0, 0.1) is 11.8 Å². The molecular weight excluding hydrogens is 364 g/mol. The van der Waals surface area contributed by atoms with Crippen LogP contribution >= 0.6 is 0 Å². The summed E-state index contributed by atoms with van der Waals surface area (Å²) in [7, 11) is 0. The van der Waals surface area contributed by atoms with Crippen molar-refractivity contribution in [2.24, 2.45) is 11.8 Å². The lowest BCUT2D eigenvalue weighted by atomic mass is 9.85. The molecule has 0 aromatic carbocycles. The Morgan fingerprint density at radius 1 is 0.643 bits per heavy atom. The zero-order valence-electron chi connectivity index (χ0n) is 17.6. The molecule has 0 spiro atoms. The van der Waals surface area contributed by atoms with Crippen molar-refractivity contribution in [3.05, 3.63) is 0 Å². The predicted molar refractivity (Wildman–Crippen MR) is 104 cm³/mol. The van der Waals surface area contributed by atoms with Gasteiger partial charge < -0.3 is 19.1 Å². The lowest BCUT2D eigenvalue weighted by Gasteiger charge is -2.20. The average Bonchev–Trinajstić information content (AvgIpc) is 2.61. The highest BCUT2D eigenvalue weighted by Gasteiger charge is 2.37. The number of rotatable bonds is 16. The number of carbonyl (C=O) groups excluding carboxylic acids is 5. The number of esters is 2. The average molecular weight is 398 g/mol. The second-order valence-corrected chi connectivity index (χ2v) is 6.91. The fraction of sp³-hybridized carbons (Fsp3) is 0.762. The van der Waals surface area contributed by atoms with Gasteiger partial charge in [-0.2, -0.15) is 0 Å². The van der Waals surface area contributed by atoms with Gasteiger partial charge in [-0.3, -0.25) is 14.4 Å². The molecule has 0 fully saturated rings. The van der Waals surface area contributed by atoms with Crippen LogP contribution in [0.25, 0.3) is 0 Å². The first-order valence-corrected chi connectivity index (χ1v) is 10.1. The van der Waals surface area contributed by atoms with E-state index in [9.17, 15) is 24.0 Å². The van der Waals surface area contributed by atoms with Crippen molar-refractivity contribution in [2.45, 2.75) is 79.1 Å². The summed E-state index contributed by atoms with van der Waals surface area (Å²) in [6, 6.07) is 0. The molecule has 0 saturated carbocycles. The monoisotopic (exact) mass is 398 g/mol.